The number of rotatable bonds is 5. The van der Waals surface area contributed by atoms with Gasteiger partial charge in [-0.2, -0.15) is 16.4 Å². The van der Waals surface area contributed by atoms with Gasteiger partial charge in [0.2, 0.25) is 0 Å². The van der Waals surface area contributed by atoms with Crippen molar-refractivity contribution >= 4 is 23.0 Å². The molecule has 1 fully saturated rings. The number of anilines is 1. The van der Waals surface area contributed by atoms with E-state index in [0.717, 1.165) is 25.2 Å². The molecule has 0 atom stereocenters. The van der Waals surface area contributed by atoms with E-state index in [0.29, 0.717) is 11.6 Å². The fraction of sp³-hybridized carbons (Fsp3) is 0.308. The molecular weight excluding hydrogens is 258 g/mol. The van der Waals surface area contributed by atoms with E-state index in [4.69, 9.17) is 11.1 Å². The van der Waals surface area contributed by atoms with Crippen molar-refractivity contribution in [3.05, 3.63) is 40.2 Å². The lowest BCUT2D eigenvalue weighted by Gasteiger charge is -2.24. The van der Waals surface area contributed by atoms with Crippen molar-refractivity contribution in [1.29, 1.82) is 5.41 Å². The molecule has 1 aliphatic rings. The molecule has 1 saturated carbocycles. The van der Waals surface area contributed by atoms with E-state index < -0.39 is 0 Å². The molecule has 19 heavy (non-hydrogen) atoms. The van der Waals surface area contributed by atoms with Gasteiger partial charge in [-0.1, -0.05) is 0 Å². The van der Waals surface area contributed by atoms with Crippen molar-refractivity contribution < 1.29 is 0 Å². The highest BCUT2D eigenvalue weighted by Crippen LogP contribution is 2.33. The molecule has 98 valence electrons. The molecule has 0 amide bonds. The number of aromatic nitrogens is 2. The van der Waals surface area contributed by atoms with Crippen molar-refractivity contribution in [1.82, 2.24) is 10.2 Å². The second-order valence-electron chi connectivity index (χ2n) is 4.67. The van der Waals surface area contributed by atoms with E-state index in [1.54, 1.807) is 23.6 Å². The third-order valence-corrected chi connectivity index (χ3v) is 3.92. The molecule has 3 N–H and O–H groups in total. The SMILES string of the molecule is N=C(N)c1ccnnc1N(Cc1ccsc1)C1CC1. The van der Waals surface area contributed by atoms with Crippen LogP contribution in [-0.2, 0) is 6.54 Å². The first kappa shape index (κ1) is 12.1. The van der Waals surface area contributed by atoms with Gasteiger partial charge < -0.3 is 10.6 Å². The van der Waals surface area contributed by atoms with Crippen LogP contribution in [0.4, 0.5) is 5.82 Å². The van der Waals surface area contributed by atoms with Crippen LogP contribution < -0.4 is 10.6 Å². The Labute approximate surface area is 115 Å². The first-order chi connectivity index (χ1) is 9.25. The summed E-state index contributed by atoms with van der Waals surface area (Å²) in [7, 11) is 0. The minimum Gasteiger partial charge on any atom is -0.384 e. The summed E-state index contributed by atoms with van der Waals surface area (Å²) < 4.78 is 0. The Kier molecular flexibility index (Phi) is 3.16. The molecule has 1 aliphatic carbocycles. The fourth-order valence-corrected chi connectivity index (χ4v) is 2.75. The standard InChI is InChI=1S/C13H15N5S/c14-12(15)11-3-5-16-17-13(11)18(10-1-2-10)7-9-4-6-19-8-9/h3-6,8,10H,1-2,7H2,(H3,14,15). The van der Waals surface area contributed by atoms with E-state index in [9.17, 15) is 0 Å². The molecule has 2 aromatic heterocycles. The molecule has 0 radical (unpaired) electrons. The first-order valence-corrected chi connectivity index (χ1v) is 7.14. The Morgan fingerprint density at radius 3 is 2.95 bits per heavy atom. The first-order valence-electron chi connectivity index (χ1n) is 6.19. The summed E-state index contributed by atoms with van der Waals surface area (Å²) in [6.07, 6.45) is 3.91. The van der Waals surface area contributed by atoms with Gasteiger partial charge in [0.15, 0.2) is 5.82 Å². The Hall–Kier alpha value is -1.95. The average Bonchev–Trinajstić information content (AvgIpc) is 3.13. The predicted octanol–water partition coefficient (Wildman–Crippen LogP) is 1.99. The van der Waals surface area contributed by atoms with Gasteiger partial charge in [0.1, 0.15) is 5.84 Å². The lowest BCUT2D eigenvalue weighted by Crippen LogP contribution is -2.29. The summed E-state index contributed by atoms with van der Waals surface area (Å²) in [6.45, 7) is 0.799. The van der Waals surface area contributed by atoms with Crippen LogP contribution in [0.1, 0.15) is 24.0 Å². The van der Waals surface area contributed by atoms with Crippen molar-refractivity contribution in [3.8, 4) is 0 Å². The van der Waals surface area contributed by atoms with E-state index in [2.05, 4.69) is 31.9 Å². The van der Waals surface area contributed by atoms with Crippen LogP contribution in [0.15, 0.2) is 29.1 Å². The van der Waals surface area contributed by atoms with Crippen LogP contribution in [0.3, 0.4) is 0 Å². The molecule has 5 nitrogen and oxygen atoms in total. The summed E-state index contributed by atoms with van der Waals surface area (Å²) in [6, 6.07) is 4.37. The van der Waals surface area contributed by atoms with Crippen LogP contribution >= 0.6 is 11.3 Å². The van der Waals surface area contributed by atoms with Gasteiger partial charge >= 0.3 is 0 Å². The molecule has 0 aliphatic heterocycles. The average molecular weight is 273 g/mol. The summed E-state index contributed by atoms with van der Waals surface area (Å²) in [5, 5.41) is 20.0. The third kappa shape index (κ3) is 2.58. The van der Waals surface area contributed by atoms with Gasteiger partial charge in [0, 0.05) is 12.6 Å². The Morgan fingerprint density at radius 1 is 1.47 bits per heavy atom. The molecule has 0 spiro atoms. The predicted molar refractivity (Wildman–Crippen MR) is 76.6 cm³/mol. The smallest absolute Gasteiger partial charge is 0.162 e. The lowest BCUT2D eigenvalue weighted by molar-refractivity contribution is 0.764. The van der Waals surface area contributed by atoms with Gasteiger partial charge in [0.25, 0.3) is 0 Å². The maximum Gasteiger partial charge on any atom is 0.162 e. The zero-order valence-electron chi connectivity index (χ0n) is 10.4. The monoisotopic (exact) mass is 273 g/mol. The van der Waals surface area contributed by atoms with E-state index in [-0.39, 0.29) is 5.84 Å². The molecule has 2 aromatic rings. The third-order valence-electron chi connectivity index (χ3n) is 3.18. The number of nitrogen functional groups attached to an aromatic ring is 1. The van der Waals surface area contributed by atoms with Crippen molar-refractivity contribution in [3.63, 3.8) is 0 Å². The zero-order valence-corrected chi connectivity index (χ0v) is 11.2. The lowest BCUT2D eigenvalue weighted by atomic mass is 10.2. The van der Waals surface area contributed by atoms with Gasteiger partial charge in [-0.05, 0) is 41.3 Å². The molecule has 0 aromatic carbocycles. The number of hydrogen-bond acceptors (Lipinski definition) is 5. The summed E-state index contributed by atoms with van der Waals surface area (Å²) in [5.41, 5.74) is 7.56. The summed E-state index contributed by atoms with van der Waals surface area (Å²) >= 11 is 1.69. The van der Waals surface area contributed by atoms with E-state index in [1.165, 1.54) is 5.56 Å². The minimum atomic E-state index is 0.0425. The molecule has 2 heterocycles. The summed E-state index contributed by atoms with van der Waals surface area (Å²) in [5.74, 6) is 0.768. The largest absolute Gasteiger partial charge is 0.384 e. The van der Waals surface area contributed by atoms with Gasteiger partial charge in [-0.25, -0.2) is 0 Å². The second-order valence-corrected chi connectivity index (χ2v) is 5.45. The van der Waals surface area contributed by atoms with Crippen molar-refractivity contribution in [2.75, 3.05) is 4.90 Å². The number of amidine groups is 1. The molecule has 0 bridgehead atoms. The molecule has 6 heteroatoms. The quantitative estimate of drug-likeness (QED) is 0.645. The van der Waals surface area contributed by atoms with Crippen LogP contribution in [-0.4, -0.2) is 22.1 Å². The van der Waals surface area contributed by atoms with Crippen LogP contribution in [0, 0.1) is 5.41 Å². The van der Waals surface area contributed by atoms with Crippen LogP contribution in [0.2, 0.25) is 0 Å². The minimum absolute atomic E-state index is 0.0425. The number of thiophene rings is 1. The van der Waals surface area contributed by atoms with Crippen molar-refractivity contribution in [2.45, 2.75) is 25.4 Å². The maximum absolute atomic E-state index is 7.67. The molecule has 0 unspecified atom stereocenters. The number of nitrogens with one attached hydrogen (secondary N) is 1. The summed E-state index contributed by atoms with van der Waals surface area (Å²) in [4.78, 5) is 2.21. The molecule has 3 rings (SSSR count). The topological polar surface area (TPSA) is 78.9 Å². The highest BCUT2D eigenvalue weighted by molar-refractivity contribution is 7.07. The van der Waals surface area contributed by atoms with Crippen LogP contribution in [0.5, 0.6) is 0 Å². The number of nitrogens with two attached hydrogens (primary N) is 1. The highest BCUT2D eigenvalue weighted by Gasteiger charge is 2.32. The highest BCUT2D eigenvalue weighted by atomic mass is 32.1. The Bertz CT molecular complexity index is 576. The second kappa shape index (κ2) is 4.97. The zero-order chi connectivity index (χ0) is 13.2. The maximum atomic E-state index is 7.67. The number of nitrogens with zero attached hydrogens (tertiary/aromatic N) is 3. The van der Waals surface area contributed by atoms with E-state index in [1.807, 2.05) is 0 Å². The van der Waals surface area contributed by atoms with Gasteiger partial charge in [0.05, 0.1) is 11.8 Å². The molecular formula is C13H15N5S. The number of hydrogen-bond donors (Lipinski definition) is 2. The van der Waals surface area contributed by atoms with E-state index >= 15 is 0 Å². The normalized spacial score (nSPS) is 14.3. The fourth-order valence-electron chi connectivity index (χ4n) is 2.09. The Balaban J connectivity index is 1.94. The van der Waals surface area contributed by atoms with Crippen LogP contribution in [0.25, 0.3) is 0 Å². The molecule has 0 saturated heterocycles. The van der Waals surface area contributed by atoms with Gasteiger partial charge in [-0.3, -0.25) is 5.41 Å². The van der Waals surface area contributed by atoms with Gasteiger partial charge in [-0.15, -0.1) is 5.10 Å². The van der Waals surface area contributed by atoms with Crippen molar-refractivity contribution in [2.24, 2.45) is 5.73 Å². The Morgan fingerprint density at radius 2 is 2.32 bits per heavy atom.